The van der Waals surface area contributed by atoms with Gasteiger partial charge < -0.3 is 0 Å². The van der Waals surface area contributed by atoms with Crippen molar-refractivity contribution in [2.45, 2.75) is 11.1 Å². The first-order chi connectivity index (χ1) is 11.0. The number of carbonyl (C=O) groups excluding carboxylic acids is 1. The number of halogens is 3. The summed E-state index contributed by atoms with van der Waals surface area (Å²) in [6.07, 6.45) is -4.64. The van der Waals surface area contributed by atoms with E-state index in [0.717, 1.165) is 4.31 Å². The number of hydrogen-bond donors (Lipinski definition) is 1. The summed E-state index contributed by atoms with van der Waals surface area (Å²) in [4.78, 5) is 11.9. The van der Waals surface area contributed by atoms with E-state index in [9.17, 15) is 26.4 Å². The summed E-state index contributed by atoms with van der Waals surface area (Å²) in [5.41, 5.74) is 0.0662. The second kappa shape index (κ2) is 6.45. The van der Waals surface area contributed by atoms with E-state index in [1.165, 1.54) is 38.4 Å². The molecule has 0 radical (unpaired) electrons. The van der Waals surface area contributed by atoms with Crippen LogP contribution in [0.1, 0.15) is 15.4 Å². The van der Waals surface area contributed by atoms with Crippen LogP contribution in [-0.2, 0) is 16.2 Å². The maximum atomic E-state index is 12.4. The molecule has 130 valence electrons. The average molecular weight is 380 g/mol. The number of benzene rings is 1. The molecule has 0 unspecified atom stereocenters. The quantitative estimate of drug-likeness (QED) is 0.877. The van der Waals surface area contributed by atoms with Crippen LogP contribution in [0.25, 0.3) is 0 Å². The molecule has 0 fully saturated rings. The van der Waals surface area contributed by atoms with Gasteiger partial charge in [-0.3, -0.25) is 10.1 Å². The first-order valence-electron chi connectivity index (χ1n) is 6.26. The van der Waals surface area contributed by atoms with Crippen molar-refractivity contribution < 1.29 is 26.4 Å². The third-order valence-electron chi connectivity index (χ3n) is 2.78. The van der Waals surface area contributed by atoms with Crippen molar-refractivity contribution in [1.29, 1.82) is 0 Å². The Hall–Kier alpha value is -2.05. The van der Waals surface area contributed by atoms with Crippen LogP contribution < -0.4 is 5.32 Å². The lowest BCUT2D eigenvalue weighted by Gasteiger charge is -2.11. The number of amides is 1. The average Bonchev–Trinajstić information content (AvgIpc) is 2.96. The van der Waals surface area contributed by atoms with Crippen molar-refractivity contribution in [1.82, 2.24) is 14.5 Å². The van der Waals surface area contributed by atoms with Crippen molar-refractivity contribution in [2.24, 2.45) is 0 Å². The van der Waals surface area contributed by atoms with E-state index in [2.05, 4.69) is 15.5 Å². The van der Waals surface area contributed by atoms with Crippen molar-refractivity contribution in [3.63, 3.8) is 0 Å². The fourth-order valence-electron chi connectivity index (χ4n) is 1.55. The van der Waals surface area contributed by atoms with Crippen LogP contribution >= 0.6 is 11.3 Å². The number of nitrogens with zero attached hydrogens (tertiary/aromatic N) is 3. The zero-order chi connectivity index (χ0) is 18.1. The van der Waals surface area contributed by atoms with Crippen LogP contribution in [0.3, 0.4) is 0 Å². The van der Waals surface area contributed by atoms with Crippen LogP contribution in [0.4, 0.5) is 18.3 Å². The molecule has 0 saturated carbocycles. The van der Waals surface area contributed by atoms with Crippen molar-refractivity contribution in [3.05, 3.63) is 34.8 Å². The number of aromatic nitrogens is 2. The van der Waals surface area contributed by atoms with Crippen molar-refractivity contribution in [2.75, 3.05) is 19.4 Å². The minimum atomic E-state index is -4.64. The molecule has 1 amide bonds. The van der Waals surface area contributed by atoms with Gasteiger partial charge in [-0.2, -0.15) is 13.2 Å². The zero-order valence-corrected chi connectivity index (χ0v) is 14.0. The molecule has 0 aliphatic carbocycles. The summed E-state index contributed by atoms with van der Waals surface area (Å²) in [5.74, 6) is -0.728. The molecule has 1 heterocycles. The van der Waals surface area contributed by atoms with Crippen molar-refractivity contribution >= 4 is 32.4 Å². The minimum Gasteiger partial charge on any atom is -0.296 e. The van der Waals surface area contributed by atoms with Crippen LogP contribution in [-0.4, -0.2) is 42.9 Å². The van der Waals surface area contributed by atoms with Gasteiger partial charge in [0.1, 0.15) is 0 Å². The molecule has 0 bridgehead atoms. The van der Waals surface area contributed by atoms with Gasteiger partial charge in [-0.1, -0.05) is 11.3 Å². The SMILES string of the molecule is CN(C)S(=O)(=O)c1ccc(C(=O)Nc2nnc(C(F)(F)F)s2)cc1. The fraction of sp³-hybridized carbons (Fsp3) is 0.250. The van der Waals surface area contributed by atoms with Crippen LogP contribution in [0, 0.1) is 0 Å². The smallest absolute Gasteiger partial charge is 0.296 e. The molecular formula is C12H11F3N4O3S2. The maximum absolute atomic E-state index is 12.4. The van der Waals surface area contributed by atoms with Gasteiger partial charge in [0.05, 0.1) is 4.90 Å². The highest BCUT2D eigenvalue weighted by molar-refractivity contribution is 7.89. The minimum absolute atomic E-state index is 0.0145. The molecule has 0 aliphatic heterocycles. The first kappa shape index (κ1) is 18.3. The van der Waals surface area contributed by atoms with E-state index in [-0.39, 0.29) is 26.9 Å². The highest BCUT2D eigenvalue weighted by atomic mass is 32.2. The van der Waals surface area contributed by atoms with E-state index in [1.807, 2.05) is 0 Å². The van der Waals surface area contributed by atoms with Crippen molar-refractivity contribution in [3.8, 4) is 0 Å². The van der Waals surface area contributed by atoms with E-state index in [0.29, 0.717) is 0 Å². The maximum Gasteiger partial charge on any atom is 0.445 e. The molecule has 0 saturated heterocycles. The molecule has 1 N–H and O–H groups in total. The molecule has 24 heavy (non-hydrogen) atoms. The number of sulfonamides is 1. The fourth-order valence-corrected chi connectivity index (χ4v) is 3.05. The van der Waals surface area contributed by atoms with Gasteiger partial charge >= 0.3 is 6.18 Å². The number of nitrogens with one attached hydrogen (secondary N) is 1. The van der Waals surface area contributed by atoms with E-state index >= 15 is 0 Å². The first-order valence-corrected chi connectivity index (χ1v) is 8.52. The molecule has 2 rings (SSSR count). The second-order valence-corrected chi connectivity index (χ2v) is 7.81. The highest BCUT2D eigenvalue weighted by Crippen LogP contribution is 2.33. The van der Waals surface area contributed by atoms with E-state index < -0.39 is 27.1 Å². The highest BCUT2D eigenvalue weighted by Gasteiger charge is 2.35. The van der Waals surface area contributed by atoms with Gasteiger partial charge in [0.2, 0.25) is 20.2 Å². The summed E-state index contributed by atoms with van der Waals surface area (Å²) in [6, 6.07) is 4.95. The lowest BCUT2D eigenvalue weighted by Crippen LogP contribution is -2.22. The van der Waals surface area contributed by atoms with Crippen LogP contribution in [0.2, 0.25) is 0 Å². The molecule has 1 aromatic heterocycles. The lowest BCUT2D eigenvalue weighted by molar-refractivity contribution is -0.138. The third kappa shape index (κ3) is 3.88. The molecule has 2 aromatic rings. The predicted octanol–water partition coefficient (Wildman–Crippen LogP) is 2.06. The van der Waals surface area contributed by atoms with E-state index in [4.69, 9.17) is 0 Å². The summed E-state index contributed by atoms with van der Waals surface area (Å²) >= 11 is 0.192. The van der Waals surface area contributed by atoms with Gasteiger partial charge in [-0.25, -0.2) is 12.7 Å². The molecule has 1 aromatic carbocycles. The van der Waals surface area contributed by atoms with Gasteiger partial charge in [-0.05, 0) is 24.3 Å². The number of carbonyl (C=O) groups is 1. The van der Waals surface area contributed by atoms with Gasteiger partial charge in [0, 0.05) is 19.7 Å². The molecule has 0 atom stereocenters. The van der Waals surface area contributed by atoms with Crippen LogP contribution in [0.5, 0.6) is 0 Å². The number of anilines is 1. The largest absolute Gasteiger partial charge is 0.445 e. The number of rotatable bonds is 4. The molecule has 0 spiro atoms. The second-order valence-electron chi connectivity index (χ2n) is 4.68. The Morgan fingerprint density at radius 1 is 1.17 bits per heavy atom. The summed E-state index contributed by atoms with van der Waals surface area (Å²) in [5, 5.41) is 6.88. The summed E-state index contributed by atoms with van der Waals surface area (Å²) < 4.78 is 62.1. The van der Waals surface area contributed by atoms with Gasteiger partial charge in [-0.15, -0.1) is 10.2 Å². The standard InChI is InChI=1S/C12H11F3N4O3S2/c1-19(2)24(21,22)8-5-3-7(4-6-8)9(20)16-11-18-17-10(23-11)12(13,14)15/h3-6H,1-2H3,(H,16,18,20). The van der Waals surface area contributed by atoms with E-state index in [1.54, 1.807) is 0 Å². The Morgan fingerprint density at radius 2 is 1.75 bits per heavy atom. The normalized spacial score (nSPS) is 12.4. The van der Waals surface area contributed by atoms with Gasteiger partial charge in [0.15, 0.2) is 0 Å². The molecule has 12 heteroatoms. The summed E-state index contributed by atoms with van der Waals surface area (Å²) in [7, 11) is -0.905. The number of alkyl halides is 3. The Morgan fingerprint density at radius 3 is 2.21 bits per heavy atom. The molecule has 7 nitrogen and oxygen atoms in total. The Kier molecular flexibility index (Phi) is 4.92. The number of hydrogen-bond acceptors (Lipinski definition) is 6. The lowest BCUT2D eigenvalue weighted by atomic mass is 10.2. The Labute approximate surface area is 139 Å². The Balaban J connectivity index is 2.15. The monoisotopic (exact) mass is 380 g/mol. The van der Waals surface area contributed by atoms with Gasteiger partial charge in [0.25, 0.3) is 5.91 Å². The Bertz CT molecular complexity index is 845. The van der Waals surface area contributed by atoms with Crippen LogP contribution in [0.15, 0.2) is 29.2 Å². The predicted molar refractivity (Wildman–Crippen MR) is 80.2 cm³/mol. The molecule has 0 aliphatic rings. The molecular weight excluding hydrogens is 369 g/mol. The third-order valence-corrected chi connectivity index (χ3v) is 5.50. The zero-order valence-electron chi connectivity index (χ0n) is 12.3. The summed E-state index contributed by atoms with van der Waals surface area (Å²) in [6.45, 7) is 0. The topological polar surface area (TPSA) is 92.3 Å².